The van der Waals surface area contributed by atoms with Crippen molar-refractivity contribution in [2.75, 3.05) is 65.4 Å². The first-order valence-corrected chi connectivity index (χ1v) is 8.72. The van der Waals surface area contributed by atoms with E-state index < -0.39 is 6.29 Å². The van der Waals surface area contributed by atoms with Crippen LogP contribution in [0.2, 0.25) is 0 Å². The van der Waals surface area contributed by atoms with Gasteiger partial charge in [0.25, 0.3) is 0 Å². The van der Waals surface area contributed by atoms with E-state index in [1.54, 1.807) is 14.2 Å². The molecule has 2 N–H and O–H groups in total. The SMILES string of the molecule is COC(CNC(=O)NCCc1ccccc1N1CCN(C)CC1)OC. The van der Waals surface area contributed by atoms with Crippen molar-refractivity contribution in [3.63, 3.8) is 0 Å². The molecule has 0 aliphatic carbocycles. The summed E-state index contributed by atoms with van der Waals surface area (Å²) in [7, 11) is 5.25. The summed E-state index contributed by atoms with van der Waals surface area (Å²) in [5.74, 6) is 0. The molecule has 1 fully saturated rings. The zero-order chi connectivity index (χ0) is 18.1. The molecule has 0 aromatic heterocycles. The second-order valence-corrected chi connectivity index (χ2v) is 6.21. The number of urea groups is 1. The Morgan fingerprint density at radius 2 is 1.80 bits per heavy atom. The summed E-state index contributed by atoms with van der Waals surface area (Å²) in [6, 6.07) is 8.22. The fourth-order valence-corrected chi connectivity index (χ4v) is 2.89. The summed E-state index contributed by atoms with van der Waals surface area (Å²) < 4.78 is 10.1. The van der Waals surface area contributed by atoms with Gasteiger partial charge >= 0.3 is 6.03 Å². The smallest absolute Gasteiger partial charge is 0.314 e. The molecule has 0 saturated carbocycles. The molecule has 1 aromatic rings. The summed E-state index contributed by atoms with van der Waals surface area (Å²) in [5.41, 5.74) is 2.54. The maximum absolute atomic E-state index is 11.8. The highest BCUT2D eigenvalue weighted by molar-refractivity contribution is 5.73. The van der Waals surface area contributed by atoms with Crippen LogP contribution in [-0.2, 0) is 15.9 Å². The van der Waals surface area contributed by atoms with Crippen LogP contribution in [0.15, 0.2) is 24.3 Å². The quantitative estimate of drug-likeness (QED) is 0.682. The largest absolute Gasteiger partial charge is 0.369 e. The highest BCUT2D eigenvalue weighted by atomic mass is 16.7. The minimum absolute atomic E-state index is 0.212. The Morgan fingerprint density at radius 3 is 2.48 bits per heavy atom. The van der Waals surface area contributed by atoms with Crippen LogP contribution in [-0.4, -0.2) is 77.8 Å². The number of ether oxygens (including phenoxy) is 2. The van der Waals surface area contributed by atoms with Crippen LogP contribution in [0.1, 0.15) is 5.56 Å². The molecule has 2 amide bonds. The van der Waals surface area contributed by atoms with E-state index >= 15 is 0 Å². The van der Waals surface area contributed by atoms with Gasteiger partial charge in [0, 0.05) is 52.6 Å². The van der Waals surface area contributed by atoms with E-state index in [4.69, 9.17) is 9.47 Å². The first-order chi connectivity index (χ1) is 12.1. The lowest BCUT2D eigenvalue weighted by Crippen LogP contribution is -2.45. The Labute approximate surface area is 150 Å². The van der Waals surface area contributed by atoms with Gasteiger partial charge in [-0.05, 0) is 25.1 Å². The van der Waals surface area contributed by atoms with E-state index in [1.165, 1.54) is 11.3 Å². The fourth-order valence-electron chi connectivity index (χ4n) is 2.89. The average Bonchev–Trinajstić information content (AvgIpc) is 2.64. The Balaban J connectivity index is 1.80. The molecule has 1 heterocycles. The highest BCUT2D eigenvalue weighted by Crippen LogP contribution is 2.21. The van der Waals surface area contributed by atoms with Crippen molar-refractivity contribution in [3.8, 4) is 0 Å². The number of hydrogen-bond donors (Lipinski definition) is 2. The van der Waals surface area contributed by atoms with Gasteiger partial charge in [0.15, 0.2) is 6.29 Å². The Hall–Kier alpha value is -1.83. The lowest BCUT2D eigenvalue weighted by Gasteiger charge is -2.35. The van der Waals surface area contributed by atoms with E-state index in [-0.39, 0.29) is 6.03 Å². The van der Waals surface area contributed by atoms with E-state index in [0.717, 1.165) is 32.6 Å². The number of carbonyl (C=O) groups is 1. The van der Waals surface area contributed by atoms with Gasteiger partial charge in [-0.1, -0.05) is 18.2 Å². The topological polar surface area (TPSA) is 66.1 Å². The lowest BCUT2D eigenvalue weighted by atomic mass is 10.1. The zero-order valence-corrected chi connectivity index (χ0v) is 15.5. The van der Waals surface area contributed by atoms with E-state index in [2.05, 4.69) is 51.7 Å². The van der Waals surface area contributed by atoms with Crippen molar-refractivity contribution in [2.24, 2.45) is 0 Å². The number of piperazine rings is 1. The molecule has 0 radical (unpaired) electrons. The highest BCUT2D eigenvalue weighted by Gasteiger charge is 2.16. The molecule has 0 spiro atoms. The van der Waals surface area contributed by atoms with Crippen LogP contribution in [0, 0.1) is 0 Å². The Bertz CT molecular complexity index is 529. The number of para-hydroxylation sites is 1. The van der Waals surface area contributed by atoms with Crippen molar-refractivity contribution in [1.82, 2.24) is 15.5 Å². The number of benzene rings is 1. The molecular weight excluding hydrogens is 320 g/mol. The van der Waals surface area contributed by atoms with Crippen LogP contribution in [0.5, 0.6) is 0 Å². The van der Waals surface area contributed by atoms with Crippen LogP contribution in [0.4, 0.5) is 10.5 Å². The van der Waals surface area contributed by atoms with E-state index in [1.807, 2.05) is 0 Å². The Morgan fingerprint density at radius 1 is 1.12 bits per heavy atom. The van der Waals surface area contributed by atoms with Crippen molar-refractivity contribution >= 4 is 11.7 Å². The monoisotopic (exact) mass is 350 g/mol. The van der Waals surface area contributed by atoms with Gasteiger partial charge < -0.3 is 29.9 Å². The van der Waals surface area contributed by atoms with Crippen LogP contribution in [0.3, 0.4) is 0 Å². The molecule has 25 heavy (non-hydrogen) atoms. The second-order valence-electron chi connectivity index (χ2n) is 6.21. The van der Waals surface area contributed by atoms with Gasteiger partial charge in [-0.2, -0.15) is 0 Å². The first kappa shape index (κ1) is 19.5. The maximum atomic E-state index is 11.8. The number of likely N-dealkylation sites (N-methyl/N-ethyl adjacent to an activating group) is 1. The minimum Gasteiger partial charge on any atom is -0.369 e. The van der Waals surface area contributed by atoms with E-state index in [9.17, 15) is 4.79 Å². The normalized spacial score (nSPS) is 15.4. The second kappa shape index (κ2) is 10.2. The molecule has 1 aliphatic rings. The average molecular weight is 350 g/mol. The van der Waals surface area contributed by atoms with Crippen LogP contribution >= 0.6 is 0 Å². The molecule has 2 rings (SSSR count). The lowest BCUT2D eigenvalue weighted by molar-refractivity contribution is -0.0971. The number of nitrogens with zero attached hydrogens (tertiary/aromatic N) is 2. The zero-order valence-electron chi connectivity index (χ0n) is 15.5. The molecule has 0 atom stereocenters. The number of amides is 2. The molecular formula is C18H30N4O3. The number of carbonyl (C=O) groups excluding carboxylic acids is 1. The van der Waals surface area contributed by atoms with Crippen molar-refractivity contribution in [2.45, 2.75) is 12.7 Å². The third-order valence-corrected chi connectivity index (χ3v) is 4.47. The van der Waals surface area contributed by atoms with Gasteiger partial charge in [0.2, 0.25) is 0 Å². The molecule has 1 saturated heterocycles. The number of methoxy groups -OCH3 is 2. The molecule has 7 nitrogen and oxygen atoms in total. The summed E-state index contributed by atoms with van der Waals surface area (Å²) in [6.45, 7) is 5.13. The van der Waals surface area contributed by atoms with Gasteiger partial charge in [-0.25, -0.2) is 4.79 Å². The van der Waals surface area contributed by atoms with Crippen LogP contribution < -0.4 is 15.5 Å². The van der Waals surface area contributed by atoms with Gasteiger partial charge in [0.05, 0.1) is 6.54 Å². The maximum Gasteiger partial charge on any atom is 0.314 e. The number of hydrogen-bond acceptors (Lipinski definition) is 5. The molecule has 140 valence electrons. The predicted molar refractivity (Wildman–Crippen MR) is 99.1 cm³/mol. The van der Waals surface area contributed by atoms with Gasteiger partial charge in [-0.3, -0.25) is 0 Å². The first-order valence-electron chi connectivity index (χ1n) is 8.72. The summed E-state index contributed by atoms with van der Waals surface area (Å²) in [6.07, 6.45) is 0.372. The van der Waals surface area contributed by atoms with Gasteiger partial charge in [-0.15, -0.1) is 0 Å². The summed E-state index contributed by atoms with van der Waals surface area (Å²) in [4.78, 5) is 16.6. The number of rotatable bonds is 8. The fraction of sp³-hybridized carbons (Fsp3) is 0.611. The van der Waals surface area contributed by atoms with Gasteiger partial charge in [0.1, 0.15) is 0 Å². The number of nitrogens with one attached hydrogen (secondary N) is 2. The van der Waals surface area contributed by atoms with Crippen molar-refractivity contribution in [1.29, 1.82) is 0 Å². The van der Waals surface area contributed by atoms with Crippen molar-refractivity contribution in [3.05, 3.63) is 29.8 Å². The summed E-state index contributed by atoms with van der Waals surface area (Å²) in [5, 5.41) is 5.62. The third-order valence-electron chi connectivity index (χ3n) is 4.47. The standard InChI is InChI=1S/C18H30N4O3/c1-21-10-12-22(13-11-21)16-7-5-4-6-15(16)8-9-19-18(23)20-14-17(24-2)25-3/h4-7,17H,8-14H2,1-3H3,(H2,19,20,23). The molecule has 7 heteroatoms. The summed E-state index contributed by atoms with van der Waals surface area (Å²) >= 11 is 0. The minimum atomic E-state index is -0.427. The predicted octanol–water partition coefficient (Wildman–Crippen LogP) is 0.899. The van der Waals surface area contributed by atoms with Crippen molar-refractivity contribution < 1.29 is 14.3 Å². The Kier molecular flexibility index (Phi) is 7.97. The molecule has 0 bridgehead atoms. The van der Waals surface area contributed by atoms with Crippen LogP contribution in [0.25, 0.3) is 0 Å². The molecule has 0 unspecified atom stereocenters. The third kappa shape index (κ3) is 6.19. The van der Waals surface area contributed by atoms with E-state index in [0.29, 0.717) is 13.1 Å². The molecule has 1 aliphatic heterocycles. The molecule has 1 aromatic carbocycles. The number of anilines is 1.